The normalized spacial score (nSPS) is 17.0. The molecule has 2 aliphatic carbocycles. The quantitative estimate of drug-likeness (QED) is 0.0510. The summed E-state index contributed by atoms with van der Waals surface area (Å²) in [4.78, 5) is 31.8. The summed E-state index contributed by atoms with van der Waals surface area (Å²) in [5.74, 6) is -6.87. The number of nitrogens with zero attached hydrogens (tertiary/aromatic N) is 6. The number of pyridine rings is 1. The van der Waals surface area contributed by atoms with Crippen LogP contribution in [0, 0.1) is 29.4 Å². The summed E-state index contributed by atoms with van der Waals surface area (Å²) in [5, 5.41) is 20.9. The number of hydrogen-bond donors (Lipinski definition) is 4. The minimum atomic E-state index is -5.22. The van der Waals surface area contributed by atoms with Crippen LogP contribution in [0.3, 0.4) is 0 Å². The minimum absolute atomic E-state index is 0.194. The van der Waals surface area contributed by atoms with E-state index in [0.29, 0.717) is 15.1 Å². The molecule has 0 spiro atoms. The van der Waals surface area contributed by atoms with Crippen LogP contribution in [0.25, 0.3) is 22.0 Å². The van der Waals surface area contributed by atoms with E-state index in [-0.39, 0.29) is 33.5 Å². The number of aliphatic hydroxyl groups excluding tert-OH is 1. The highest BCUT2D eigenvalue weighted by Gasteiger charge is 2.68. The molecule has 28 heteroatoms. The zero-order valence-corrected chi connectivity index (χ0v) is 40.6. The average Bonchev–Trinajstić information content (AvgIpc) is 3.75. The van der Waals surface area contributed by atoms with Crippen molar-refractivity contribution in [2.75, 3.05) is 23.7 Å². The second-order valence-electron chi connectivity index (χ2n) is 18.4. The molecule has 3 heterocycles. The zero-order chi connectivity index (χ0) is 53.4. The van der Waals surface area contributed by atoms with Gasteiger partial charge < -0.3 is 15.7 Å². The number of sulfone groups is 1. The number of rotatable bonds is 15. The number of nitrogens with one attached hydrogen (secondary N) is 2. The second-order valence-corrected chi connectivity index (χ2v) is 22.3. The number of aliphatic hydroxyl groups is 1. The fourth-order valence-corrected chi connectivity index (χ4v) is 9.25. The number of fused-ring (bicyclic) bond motifs is 4. The molecule has 2 amide bonds. The first-order chi connectivity index (χ1) is 33.1. The molecule has 1 fully saturated rings. The molecule has 15 nitrogen and oxygen atoms in total. The third-order valence-corrected chi connectivity index (χ3v) is 14.9. The Morgan fingerprint density at radius 2 is 1.61 bits per heavy atom. The predicted molar refractivity (Wildman–Crippen MR) is 240 cm³/mol. The number of anilines is 1. The number of carbonyl (C=O) groups excluding carboxylic acids is 2. The van der Waals surface area contributed by atoms with E-state index in [4.69, 9.17) is 11.6 Å². The number of amides is 2. The van der Waals surface area contributed by atoms with Crippen LogP contribution in [-0.4, -0.2) is 94.2 Å². The monoisotopic (exact) mass is 1080 g/mol. The van der Waals surface area contributed by atoms with Gasteiger partial charge in [0, 0.05) is 34.9 Å². The molecule has 1 saturated carbocycles. The van der Waals surface area contributed by atoms with Crippen molar-refractivity contribution in [2.45, 2.75) is 94.1 Å². The van der Waals surface area contributed by atoms with E-state index in [1.165, 1.54) is 27.7 Å². The van der Waals surface area contributed by atoms with Gasteiger partial charge in [0.25, 0.3) is 5.92 Å². The van der Waals surface area contributed by atoms with Gasteiger partial charge in [0.15, 0.2) is 21.3 Å². The van der Waals surface area contributed by atoms with Gasteiger partial charge in [-0.25, -0.2) is 34.9 Å². The highest BCUT2D eigenvalue weighted by molar-refractivity contribution is 7.92. The van der Waals surface area contributed by atoms with E-state index in [1.807, 2.05) is 0 Å². The van der Waals surface area contributed by atoms with Crippen LogP contribution in [0.15, 0.2) is 42.5 Å². The van der Waals surface area contributed by atoms with E-state index < -0.39 is 168 Å². The van der Waals surface area contributed by atoms with E-state index in [2.05, 4.69) is 37.7 Å². The van der Waals surface area contributed by atoms with E-state index in [0.717, 1.165) is 42.7 Å². The molecule has 0 aliphatic heterocycles. The molecule has 2 aromatic carbocycles. The lowest BCUT2D eigenvalue weighted by atomic mass is 9.93. The van der Waals surface area contributed by atoms with Crippen LogP contribution in [0.1, 0.15) is 80.0 Å². The Kier molecular flexibility index (Phi) is 14.1. The SMILES string of the molecule is CC(C)(CO)NC(=O)CN(c1nn(CC(F)(F)F)c2c(-c3ccc(C#CC(C)(C)S(C)(=O)=O)nc3C(Cc3cc(F)cc(F)c3)NC(=O)Cn3nc(C(F)(F)F)c4c3C(F)(F)[C@@H]3C[C@H]43)ccc(Cl)c12)[SH](=O)=O. The summed E-state index contributed by atoms with van der Waals surface area (Å²) in [7, 11) is -7.81. The number of carbonyl (C=O) groups is 2. The third kappa shape index (κ3) is 11.0. The second kappa shape index (κ2) is 18.8. The first-order valence-electron chi connectivity index (χ1n) is 21.3. The maximum absolute atomic E-state index is 15.6. The van der Waals surface area contributed by atoms with Crippen LogP contribution in [-0.2, 0) is 61.9 Å². The molecule has 5 aromatic rings. The lowest BCUT2D eigenvalue weighted by molar-refractivity contribution is -0.143. The first-order valence-corrected chi connectivity index (χ1v) is 24.7. The molecule has 388 valence electrons. The van der Waals surface area contributed by atoms with Crippen molar-refractivity contribution in [3.8, 4) is 23.0 Å². The van der Waals surface area contributed by atoms with Gasteiger partial charge in [0.05, 0.1) is 39.8 Å². The van der Waals surface area contributed by atoms with E-state index in [1.54, 1.807) is 0 Å². The van der Waals surface area contributed by atoms with Crippen molar-refractivity contribution < 1.29 is 75.4 Å². The molecule has 0 bridgehead atoms. The maximum atomic E-state index is 15.6. The Hall–Kier alpha value is -5.98. The standard InChI is InChI=1S/C44H41ClF10N8O7S2/c1-40(2,20-64)58-32(66)18-63(71(67)68)39-34-29(45)9-8-26(36(34)62(60-39)19-42(48,49)50)25-7-6-24(10-11-41(3,4)72(5,69)70)56-35(25)30(14-21-12-22(46)15-23(47)13-21)57-31(65)17-61-38-33(37(59-61)44(53,54)55)27-16-28(27)43(38,51)52/h6-9,12-13,15,27-28,30,64,71H,14,16-20H2,1-5H3,(H,57,65)(H,58,66)/t27-,28+,30?/m0/s1. The van der Waals surface area contributed by atoms with Crippen LogP contribution >= 0.6 is 11.6 Å². The van der Waals surface area contributed by atoms with Gasteiger partial charge in [0.1, 0.15) is 47.4 Å². The van der Waals surface area contributed by atoms with Crippen molar-refractivity contribution in [3.63, 3.8) is 0 Å². The van der Waals surface area contributed by atoms with Crippen molar-refractivity contribution in [2.24, 2.45) is 5.92 Å². The van der Waals surface area contributed by atoms with Crippen LogP contribution in [0.5, 0.6) is 0 Å². The van der Waals surface area contributed by atoms with Gasteiger partial charge in [-0.15, -0.1) is 0 Å². The van der Waals surface area contributed by atoms with Gasteiger partial charge in [-0.1, -0.05) is 23.6 Å². The highest BCUT2D eigenvalue weighted by Crippen LogP contribution is 2.68. The van der Waals surface area contributed by atoms with Gasteiger partial charge in [-0.3, -0.25) is 19.0 Å². The summed E-state index contributed by atoms with van der Waals surface area (Å²) in [6.45, 7) is 0.286. The van der Waals surface area contributed by atoms with Crippen LogP contribution in [0.4, 0.5) is 49.7 Å². The Morgan fingerprint density at radius 1 is 0.972 bits per heavy atom. The molecule has 3 atom stereocenters. The molecule has 3 N–H and O–H groups in total. The maximum Gasteiger partial charge on any atom is 0.435 e. The first kappa shape index (κ1) is 53.8. The topological polar surface area (TPSA) is 198 Å². The smallest absolute Gasteiger partial charge is 0.394 e. The zero-order valence-electron chi connectivity index (χ0n) is 38.1. The fraction of sp³-hybridized carbons (Fsp3) is 0.432. The lowest BCUT2D eigenvalue weighted by Gasteiger charge is -2.25. The Labute approximate surface area is 409 Å². The Bertz CT molecular complexity index is 3260. The Balaban J connectivity index is 1.47. The molecule has 7 rings (SSSR count). The molecule has 3 aromatic heterocycles. The van der Waals surface area contributed by atoms with Gasteiger partial charge in [0.2, 0.25) is 22.7 Å². The molecule has 2 aliphatic rings. The summed E-state index contributed by atoms with van der Waals surface area (Å²) in [6, 6.07) is 4.86. The molecule has 0 saturated heterocycles. The number of halogens is 11. The van der Waals surface area contributed by atoms with Crippen molar-refractivity contribution in [3.05, 3.63) is 93.0 Å². The van der Waals surface area contributed by atoms with Crippen LogP contribution < -0.4 is 14.9 Å². The van der Waals surface area contributed by atoms with Crippen molar-refractivity contribution >= 4 is 60.9 Å². The summed E-state index contributed by atoms with van der Waals surface area (Å²) in [6.07, 6.45) is -10.4. The number of hydrogen-bond acceptors (Lipinski definition) is 10. The van der Waals surface area contributed by atoms with Gasteiger partial charge in [-0.2, -0.15) is 45.3 Å². The average molecular weight is 1080 g/mol. The molecule has 0 radical (unpaired) electrons. The molecule has 72 heavy (non-hydrogen) atoms. The lowest BCUT2D eigenvalue weighted by Crippen LogP contribution is -2.49. The minimum Gasteiger partial charge on any atom is -0.394 e. The largest absolute Gasteiger partial charge is 0.435 e. The summed E-state index contributed by atoms with van der Waals surface area (Å²) in [5.41, 5.74) is -7.05. The van der Waals surface area contributed by atoms with E-state index >= 15 is 8.78 Å². The molecular weight excluding hydrogens is 1040 g/mol. The van der Waals surface area contributed by atoms with Crippen molar-refractivity contribution in [1.82, 2.24) is 35.2 Å². The fourth-order valence-electron chi connectivity index (χ4n) is 8.24. The van der Waals surface area contributed by atoms with E-state index in [9.17, 15) is 66.7 Å². The molecular formula is C44H41ClF10N8O7S2. The summed E-state index contributed by atoms with van der Waals surface area (Å²) >= 11 is 6.62. The third-order valence-electron chi connectivity index (χ3n) is 11.9. The number of aromatic nitrogens is 5. The van der Waals surface area contributed by atoms with Crippen molar-refractivity contribution in [1.29, 1.82) is 0 Å². The highest BCUT2D eigenvalue weighted by atomic mass is 35.5. The number of benzene rings is 2. The van der Waals surface area contributed by atoms with Crippen LogP contribution in [0.2, 0.25) is 5.02 Å². The summed E-state index contributed by atoms with van der Waals surface area (Å²) < 4.78 is 197. The van der Waals surface area contributed by atoms with Gasteiger partial charge in [-0.05, 0) is 88.3 Å². The Morgan fingerprint density at radius 3 is 2.19 bits per heavy atom. The number of alkyl halides is 8. The molecule has 1 unspecified atom stereocenters. The number of thiol groups is 1. The van der Waals surface area contributed by atoms with Gasteiger partial charge >= 0.3 is 12.4 Å². The predicted octanol–water partition coefficient (Wildman–Crippen LogP) is 6.51.